The Morgan fingerprint density at radius 3 is 2.72 bits per heavy atom. The second-order valence-corrected chi connectivity index (χ2v) is 5.72. The summed E-state index contributed by atoms with van der Waals surface area (Å²) in [5, 5.41) is 13.9. The number of alkyl halides is 3. The summed E-state index contributed by atoms with van der Waals surface area (Å²) in [5.74, 6) is 0.383. The summed E-state index contributed by atoms with van der Waals surface area (Å²) >= 11 is 5.94. The molecule has 132 valence electrons. The minimum atomic E-state index is -4.61. The van der Waals surface area contributed by atoms with Gasteiger partial charge in [0.05, 0.1) is 22.5 Å². The molecule has 0 spiro atoms. The molecule has 9 heteroatoms. The minimum Gasteiger partial charge on any atom is -0.489 e. The quantitative estimate of drug-likeness (QED) is 0.745. The highest BCUT2D eigenvalue weighted by Crippen LogP contribution is 2.33. The van der Waals surface area contributed by atoms with E-state index in [2.05, 4.69) is 10.1 Å². The summed E-state index contributed by atoms with van der Waals surface area (Å²) in [7, 11) is 0. The number of aliphatic hydroxyl groups is 1. The second-order valence-electron chi connectivity index (χ2n) is 5.32. The SMILES string of the molecule is OC(COc1ccccc1Cl)Cn1nc(C(F)(F)F)c2cnccc21. The predicted octanol–water partition coefficient (Wildman–Crippen LogP) is 3.54. The number of benzene rings is 1. The fourth-order valence-corrected chi connectivity index (χ4v) is 2.56. The summed E-state index contributed by atoms with van der Waals surface area (Å²) in [6.07, 6.45) is -3.21. The van der Waals surface area contributed by atoms with Crippen LogP contribution >= 0.6 is 11.6 Å². The molecule has 0 saturated carbocycles. The van der Waals surface area contributed by atoms with Gasteiger partial charge in [-0.25, -0.2) is 0 Å². The third kappa shape index (κ3) is 3.85. The molecule has 1 atom stereocenters. The lowest BCUT2D eigenvalue weighted by atomic mass is 10.2. The summed E-state index contributed by atoms with van der Waals surface area (Å²) in [5.41, 5.74) is -0.797. The van der Waals surface area contributed by atoms with E-state index < -0.39 is 18.0 Å². The third-order valence-corrected chi connectivity index (χ3v) is 3.78. The molecule has 1 N–H and O–H groups in total. The molecule has 2 aromatic heterocycles. The fraction of sp³-hybridized carbons (Fsp3) is 0.250. The van der Waals surface area contributed by atoms with Crippen LogP contribution in [0.1, 0.15) is 5.69 Å². The molecule has 25 heavy (non-hydrogen) atoms. The van der Waals surface area contributed by atoms with E-state index in [0.29, 0.717) is 10.8 Å². The Balaban J connectivity index is 1.77. The van der Waals surface area contributed by atoms with Gasteiger partial charge in [0, 0.05) is 12.4 Å². The van der Waals surface area contributed by atoms with Crippen LogP contribution in [0.15, 0.2) is 42.7 Å². The van der Waals surface area contributed by atoms with E-state index >= 15 is 0 Å². The molecular formula is C16H13ClF3N3O2. The van der Waals surface area contributed by atoms with Gasteiger partial charge in [0.15, 0.2) is 5.69 Å². The van der Waals surface area contributed by atoms with Gasteiger partial charge in [-0.3, -0.25) is 9.67 Å². The maximum atomic E-state index is 13.1. The van der Waals surface area contributed by atoms with Crippen molar-refractivity contribution in [2.45, 2.75) is 18.8 Å². The average Bonchev–Trinajstić information content (AvgIpc) is 2.93. The lowest BCUT2D eigenvalue weighted by Crippen LogP contribution is -2.24. The molecule has 3 aromatic rings. The Hall–Kier alpha value is -2.32. The highest BCUT2D eigenvalue weighted by atomic mass is 35.5. The number of nitrogens with zero attached hydrogens (tertiary/aromatic N) is 3. The Bertz CT molecular complexity index is 882. The van der Waals surface area contributed by atoms with E-state index in [4.69, 9.17) is 16.3 Å². The standard InChI is InChI=1S/C16H13ClF3N3O2/c17-12-3-1-2-4-14(12)25-9-10(24)8-23-13-5-6-21-7-11(13)15(22-23)16(18,19)20/h1-7,10,24H,8-9H2. The maximum Gasteiger partial charge on any atom is 0.435 e. The number of hydrogen-bond donors (Lipinski definition) is 1. The Labute approximate surface area is 145 Å². The van der Waals surface area contributed by atoms with E-state index in [1.54, 1.807) is 24.3 Å². The summed E-state index contributed by atoms with van der Waals surface area (Å²) < 4.78 is 45.7. The Morgan fingerprint density at radius 2 is 2.00 bits per heavy atom. The van der Waals surface area contributed by atoms with Gasteiger partial charge in [0.25, 0.3) is 0 Å². The van der Waals surface area contributed by atoms with Crippen molar-refractivity contribution < 1.29 is 23.0 Å². The molecule has 5 nitrogen and oxygen atoms in total. The number of para-hydroxylation sites is 1. The van der Waals surface area contributed by atoms with Gasteiger partial charge < -0.3 is 9.84 Å². The van der Waals surface area contributed by atoms with Crippen LogP contribution in [0.4, 0.5) is 13.2 Å². The smallest absolute Gasteiger partial charge is 0.435 e. The molecule has 0 fully saturated rings. The first-order chi connectivity index (χ1) is 11.9. The van der Waals surface area contributed by atoms with Crippen molar-refractivity contribution >= 4 is 22.5 Å². The van der Waals surface area contributed by atoms with Gasteiger partial charge in [-0.15, -0.1) is 0 Å². The Morgan fingerprint density at radius 1 is 1.24 bits per heavy atom. The molecule has 0 aliphatic carbocycles. The van der Waals surface area contributed by atoms with E-state index in [1.165, 1.54) is 12.3 Å². The van der Waals surface area contributed by atoms with Crippen LogP contribution in [0, 0.1) is 0 Å². The third-order valence-electron chi connectivity index (χ3n) is 3.47. The predicted molar refractivity (Wildman–Crippen MR) is 85.5 cm³/mol. The average molecular weight is 372 g/mol. The van der Waals surface area contributed by atoms with E-state index in [0.717, 1.165) is 10.9 Å². The first-order valence-electron chi connectivity index (χ1n) is 7.29. The number of hydrogen-bond acceptors (Lipinski definition) is 4. The largest absolute Gasteiger partial charge is 0.489 e. The van der Waals surface area contributed by atoms with E-state index in [-0.39, 0.29) is 24.1 Å². The molecule has 1 unspecified atom stereocenters. The summed E-state index contributed by atoms with van der Waals surface area (Å²) in [6, 6.07) is 8.13. The molecule has 2 heterocycles. The molecule has 0 aliphatic rings. The van der Waals surface area contributed by atoms with Gasteiger partial charge in [0.2, 0.25) is 0 Å². The fourth-order valence-electron chi connectivity index (χ4n) is 2.37. The minimum absolute atomic E-state index is 0.116. The molecule has 0 bridgehead atoms. The zero-order chi connectivity index (χ0) is 18.0. The first-order valence-corrected chi connectivity index (χ1v) is 7.67. The molecule has 0 saturated heterocycles. The van der Waals surface area contributed by atoms with Crippen LogP contribution in [0.5, 0.6) is 5.75 Å². The number of rotatable bonds is 5. The van der Waals surface area contributed by atoms with Gasteiger partial charge in [-0.05, 0) is 18.2 Å². The van der Waals surface area contributed by atoms with Crippen molar-refractivity contribution in [2.75, 3.05) is 6.61 Å². The van der Waals surface area contributed by atoms with Gasteiger partial charge in [-0.2, -0.15) is 18.3 Å². The molecule has 3 rings (SSSR count). The molecule has 1 aromatic carbocycles. The lowest BCUT2D eigenvalue weighted by molar-refractivity contribution is -0.140. The maximum absolute atomic E-state index is 13.1. The zero-order valence-electron chi connectivity index (χ0n) is 12.7. The van der Waals surface area contributed by atoms with Gasteiger partial charge in [-0.1, -0.05) is 23.7 Å². The van der Waals surface area contributed by atoms with Crippen LogP contribution < -0.4 is 4.74 Å². The molecule has 0 amide bonds. The highest BCUT2D eigenvalue weighted by Gasteiger charge is 2.37. The zero-order valence-corrected chi connectivity index (χ0v) is 13.5. The normalized spacial score (nSPS) is 13.2. The molecule has 0 radical (unpaired) electrons. The number of pyridine rings is 1. The topological polar surface area (TPSA) is 60.2 Å². The highest BCUT2D eigenvalue weighted by molar-refractivity contribution is 6.32. The van der Waals surface area contributed by atoms with Crippen LogP contribution in [0.3, 0.4) is 0 Å². The number of fused-ring (bicyclic) bond motifs is 1. The first kappa shape index (κ1) is 17.5. The number of halogens is 4. The van der Waals surface area contributed by atoms with Crippen molar-refractivity contribution in [3.05, 3.63) is 53.4 Å². The van der Waals surface area contributed by atoms with Gasteiger partial charge in [0.1, 0.15) is 18.5 Å². The molecule has 0 aliphatic heterocycles. The van der Waals surface area contributed by atoms with Crippen molar-refractivity contribution in [1.29, 1.82) is 0 Å². The van der Waals surface area contributed by atoms with E-state index in [1.807, 2.05) is 0 Å². The summed E-state index contributed by atoms with van der Waals surface area (Å²) in [4.78, 5) is 3.71. The second kappa shape index (κ2) is 6.89. The number of aromatic nitrogens is 3. The Kier molecular flexibility index (Phi) is 4.82. The van der Waals surface area contributed by atoms with Crippen LogP contribution in [-0.2, 0) is 12.7 Å². The van der Waals surface area contributed by atoms with Crippen molar-refractivity contribution in [3.8, 4) is 5.75 Å². The summed E-state index contributed by atoms with van der Waals surface area (Å²) in [6.45, 7) is -0.307. The van der Waals surface area contributed by atoms with Crippen LogP contribution in [0.2, 0.25) is 5.02 Å². The van der Waals surface area contributed by atoms with Crippen LogP contribution in [0.25, 0.3) is 10.9 Å². The van der Waals surface area contributed by atoms with Crippen LogP contribution in [-0.4, -0.2) is 32.6 Å². The monoisotopic (exact) mass is 371 g/mol. The van der Waals surface area contributed by atoms with Crippen molar-refractivity contribution in [3.63, 3.8) is 0 Å². The number of ether oxygens (including phenoxy) is 1. The van der Waals surface area contributed by atoms with E-state index in [9.17, 15) is 18.3 Å². The number of aliphatic hydroxyl groups excluding tert-OH is 1. The van der Waals surface area contributed by atoms with Crippen molar-refractivity contribution in [2.24, 2.45) is 0 Å². The molecular weight excluding hydrogens is 359 g/mol. The lowest BCUT2D eigenvalue weighted by Gasteiger charge is -2.14. The van der Waals surface area contributed by atoms with Gasteiger partial charge >= 0.3 is 6.18 Å². The van der Waals surface area contributed by atoms with Crippen molar-refractivity contribution in [1.82, 2.24) is 14.8 Å².